The third-order valence-corrected chi connectivity index (χ3v) is 3.98. The Kier molecular flexibility index (Phi) is 5.07. The van der Waals surface area contributed by atoms with Gasteiger partial charge in [0, 0.05) is 18.7 Å². The first-order valence-corrected chi connectivity index (χ1v) is 6.43. The van der Waals surface area contributed by atoms with Crippen LogP contribution in [0.25, 0.3) is 0 Å². The van der Waals surface area contributed by atoms with Crippen molar-refractivity contribution in [3.05, 3.63) is 0 Å². The van der Waals surface area contributed by atoms with Crippen molar-refractivity contribution in [3.8, 4) is 0 Å². The number of ether oxygens (including phenoxy) is 1. The highest BCUT2D eigenvalue weighted by Gasteiger charge is 2.37. The molecule has 1 aliphatic heterocycles. The second-order valence-electron chi connectivity index (χ2n) is 5.05. The van der Waals surface area contributed by atoms with Crippen LogP contribution in [0.4, 0.5) is 0 Å². The minimum atomic E-state index is 0.397. The summed E-state index contributed by atoms with van der Waals surface area (Å²) in [6, 6.07) is 0.659. The van der Waals surface area contributed by atoms with Gasteiger partial charge in [-0.25, -0.2) is 0 Å². The molecule has 0 aliphatic carbocycles. The number of hydrogen-bond donors (Lipinski definition) is 0. The topological polar surface area (TPSA) is 12.5 Å². The number of likely N-dealkylation sites (tertiary alicyclic amines) is 1. The quantitative estimate of drug-likeness (QED) is 0.672. The van der Waals surface area contributed by atoms with Crippen LogP contribution in [0.1, 0.15) is 52.9 Å². The van der Waals surface area contributed by atoms with Gasteiger partial charge in [0.1, 0.15) is 0 Å². The summed E-state index contributed by atoms with van der Waals surface area (Å²) in [7, 11) is 1.82. The van der Waals surface area contributed by atoms with Gasteiger partial charge in [-0.3, -0.25) is 4.90 Å². The Morgan fingerprint density at radius 3 is 2.67 bits per heavy atom. The second kappa shape index (κ2) is 5.86. The molecule has 1 saturated heterocycles. The van der Waals surface area contributed by atoms with Crippen molar-refractivity contribution in [1.82, 2.24) is 4.90 Å². The van der Waals surface area contributed by atoms with Gasteiger partial charge >= 0.3 is 0 Å². The maximum absolute atomic E-state index is 5.33. The predicted octanol–water partition coefficient (Wildman–Crippen LogP) is 3.07. The summed E-state index contributed by atoms with van der Waals surface area (Å²) in [6.07, 6.45) is 6.49. The molecule has 2 heteroatoms. The molecular formula is C13H27NO. The minimum Gasteiger partial charge on any atom is -0.383 e. The van der Waals surface area contributed by atoms with E-state index in [0.717, 1.165) is 6.61 Å². The van der Waals surface area contributed by atoms with E-state index in [0.29, 0.717) is 11.6 Å². The van der Waals surface area contributed by atoms with Crippen molar-refractivity contribution in [2.75, 3.05) is 20.3 Å². The Balaban J connectivity index is 2.65. The molecule has 0 amide bonds. The lowest BCUT2D eigenvalue weighted by Crippen LogP contribution is -2.49. The van der Waals surface area contributed by atoms with E-state index >= 15 is 0 Å². The molecule has 0 saturated carbocycles. The summed E-state index contributed by atoms with van der Waals surface area (Å²) in [5.41, 5.74) is 0.397. The molecule has 0 N–H and O–H groups in total. The van der Waals surface area contributed by atoms with Gasteiger partial charge in [0.05, 0.1) is 6.61 Å². The smallest absolute Gasteiger partial charge is 0.0618 e. The monoisotopic (exact) mass is 213 g/mol. The molecule has 0 aromatic heterocycles. The number of rotatable bonds is 6. The zero-order valence-electron chi connectivity index (χ0n) is 10.9. The van der Waals surface area contributed by atoms with Crippen LogP contribution in [0.2, 0.25) is 0 Å². The van der Waals surface area contributed by atoms with Gasteiger partial charge in [-0.15, -0.1) is 0 Å². The number of methoxy groups -OCH3 is 1. The number of hydrogen-bond acceptors (Lipinski definition) is 2. The molecule has 0 aromatic rings. The van der Waals surface area contributed by atoms with E-state index in [9.17, 15) is 0 Å². The Labute approximate surface area is 95.0 Å². The second-order valence-corrected chi connectivity index (χ2v) is 5.05. The van der Waals surface area contributed by atoms with Crippen LogP contribution in [0, 0.1) is 0 Å². The molecule has 0 radical (unpaired) electrons. The van der Waals surface area contributed by atoms with Crippen molar-refractivity contribution in [2.45, 2.75) is 64.5 Å². The minimum absolute atomic E-state index is 0.397. The third-order valence-electron chi connectivity index (χ3n) is 3.98. The zero-order chi connectivity index (χ0) is 11.3. The van der Waals surface area contributed by atoms with E-state index in [4.69, 9.17) is 4.74 Å². The van der Waals surface area contributed by atoms with Crippen molar-refractivity contribution >= 4 is 0 Å². The fourth-order valence-electron chi connectivity index (χ4n) is 2.97. The van der Waals surface area contributed by atoms with E-state index in [-0.39, 0.29) is 0 Å². The molecule has 2 atom stereocenters. The largest absolute Gasteiger partial charge is 0.383 e. The molecular weight excluding hydrogens is 186 g/mol. The summed E-state index contributed by atoms with van der Waals surface area (Å²) in [6.45, 7) is 9.19. The summed E-state index contributed by atoms with van der Waals surface area (Å²) < 4.78 is 5.33. The van der Waals surface area contributed by atoms with Crippen LogP contribution in [-0.2, 0) is 4.74 Å². The van der Waals surface area contributed by atoms with Gasteiger partial charge in [0.15, 0.2) is 0 Å². The molecule has 0 spiro atoms. The maximum Gasteiger partial charge on any atom is 0.0618 e. The molecule has 1 aliphatic rings. The van der Waals surface area contributed by atoms with Gasteiger partial charge in [0.25, 0.3) is 0 Å². The summed E-state index contributed by atoms with van der Waals surface area (Å²) in [5, 5.41) is 0. The van der Waals surface area contributed by atoms with Crippen LogP contribution in [-0.4, -0.2) is 36.7 Å². The Hall–Kier alpha value is -0.0800. The average Bonchev–Trinajstić information content (AvgIpc) is 2.67. The van der Waals surface area contributed by atoms with Gasteiger partial charge in [-0.2, -0.15) is 0 Å². The van der Waals surface area contributed by atoms with Gasteiger partial charge in [0.2, 0.25) is 0 Å². The van der Waals surface area contributed by atoms with Crippen molar-refractivity contribution in [1.29, 1.82) is 0 Å². The predicted molar refractivity (Wildman–Crippen MR) is 65.2 cm³/mol. The first-order valence-electron chi connectivity index (χ1n) is 6.43. The lowest BCUT2D eigenvalue weighted by atomic mass is 9.90. The molecule has 0 aromatic carbocycles. The fraction of sp³-hybridized carbons (Fsp3) is 1.00. The van der Waals surface area contributed by atoms with Gasteiger partial charge < -0.3 is 4.74 Å². The van der Waals surface area contributed by atoms with Crippen LogP contribution in [0.15, 0.2) is 0 Å². The number of nitrogens with zero attached hydrogens (tertiary/aromatic N) is 1. The lowest BCUT2D eigenvalue weighted by molar-refractivity contribution is 0.0339. The molecule has 0 bridgehead atoms. The highest BCUT2D eigenvalue weighted by atomic mass is 16.5. The van der Waals surface area contributed by atoms with E-state index in [1.165, 1.54) is 38.6 Å². The zero-order valence-corrected chi connectivity index (χ0v) is 10.9. The van der Waals surface area contributed by atoms with Crippen molar-refractivity contribution in [2.24, 2.45) is 0 Å². The normalized spacial score (nSPS) is 26.8. The SMILES string of the molecule is CCCC(C)(CC)N1CCC[C@H]1COC. The molecule has 1 heterocycles. The molecule has 15 heavy (non-hydrogen) atoms. The maximum atomic E-state index is 5.33. The van der Waals surface area contributed by atoms with Crippen LogP contribution in [0.3, 0.4) is 0 Å². The third kappa shape index (κ3) is 2.94. The molecule has 1 rings (SSSR count). The molecule has 1 unspecified atom stereocenters. The Morgan fingerprint density at radius 1 is 1.40 bits per heavy atom. The first-order chi connectivity index (χ1) is 7.18. The summed E-state index contributed by atoms with van der Waals surface area (Å²) in [4.78, 5) is 2.69. The first kappa shape index (κ1) is 13.0. The van der Waals surface area contributed by atoms with E-state index in [1.807, 2.05) is 7.11 Å². The molecule has 2 nitrogen and oxygen atoms in total. The van der Waals surface area contributed by atoms with Crippen molar-refractivity contribution < 1.29 is 4.74 Å². The van der Waals surface area contributed by atoms with Crippen molar-refractivity contribution in [3.63, 3.8) is 0 Å². The highest BCUT2D eigenvalue weighted by Crippen LogP contribution is 2.32. The van der Waals surface area contributed by atoms with Crippen LogP contribution in [0.5, 0.6) is 0 Å². The van der Waals surface area contributed by atoms with E-state index in [1.54, 1.807) is 0 Å². The summed E-state index contributed by atoms with van der Waals surface area (Å²) >= 11 is 0. The van der Waals surface area contributed by atoms with Crippen LogP contribution < -0.4 is 0 Å². The lowest BCUT2D eigenvalue weighted by Gasteiger charge is -2.42. The summed E-state index contributed by atoms with van der Waals surface area (Å²) in [5.74, 6) is 0. The standard InChI is InChI=1S/C13H27NO/c1-5-9-13(3,6-2)14-10-7-8-12(14)11-15-4/h12H,5-11H2,1-4H3/t12-,13?/m0/s1. The highest BCUT2D eigenvalue weighted by molar-refractivity contribution is 4.92. The van der Waals surface area contributed by atoms with E-state index < -0.39 is 0 Å². The van der Waals surface area contributed by atoms with Gasteiger partial charge in [-0.05, 0) is 39.2 Å². The fourth-order valence-corrected chi connectivity index (χ4v) is 2.97. The Morgan fingerprint density at radius 2 is 2.13 bits per heavy atom. The van der Waals surface area contributed by atoms with Gasteiger partial charge in [-0.1, -0.05) is 20.3 Å². The molecule has 90 valence electrons. The van der Waals surface area contributed by atoms with E-state index in [2.05, 4.69) is 25.7 Å². The van der Waals surface area contributed by atoms with Crippen LogP contribution >= 0.6 is 0 Å². The molecule has 1 fully saturated rings. The Bertz CT molecular complexity index is 183. The average molecular weight is 213 g/mol.